The summed E-state index contributed by atoms with van der Waals surface area (Å²) in [5.74, 6) is -0.435. The van der Waals surface area contributed by atoms with Gasteiger partial charge >= 0.3 is 12.1 Å². The summed E-state index contributed by atoms with van der Waals surface area (Å²) in [6.45, 7) is 3.87. The van der Waals surface area contributed by atoms with Gasteiger partial charge in [-0.1, -0.05) is 12.1 Å². The largest absolute Gasteiger partial charge is 0.485 e. The highest BCUT2D eigenvalue weighted by Crippen LogP contribution is 2.32. The van der Waals surface area contributed by atoms with Gasteiger partial charge in [0, 0.05) is 35.0 Å². The molecule has 0 saturated heterocycles. The summed E-state index contributed by atoms with van der Waals surface area (Å²) >= 11 is 1.34. The van der Waals surface area contributed by atoms with Crippen LogP contribution in [-0.2, 0) is 22.1 Å². The summed E-state index contributed by atoms with van der Waals surface area (Å²) < 4.78 is 49.8. The van der Waals surface area contributed by atoms with Gasteiger partial charge in [-0.25, -0.2) is 14.8 Å². The molecule has 6 nitrogen and oxygen atoms in total. The Morgan fingerprint density at radius 3 is 2.56 bits per heavy atom. The number of nitrogens with zero attached hydrogens (tertiary/aromatic N) is 2. The molecular formula is C22H21F3N2O4S. The van der Waals surface area contributed by atoms with E-state index < -0.39 is 23.9 Å². The minimum absolute atomic E-state index is 0.00107. The number of hydrogen-bond acceptors (Lipinski definition) is 6. The molecule has 0 aliphatic heterocycles. The van der Waals surface area contributed by atoms with Crippen LogP contribution in [0.25, 0.3) is 11.4 Å². The number of alkyl halides is 3. The van der Waals surface area contributed by atoms with E-state index in [1.807, 2.05) is 6.92 Å². The Morgan fingerprint density at radius 1 is 1.22 bits per heavy atom. The zero-order valence-corrected chi connectivity index (χ0v) is 18.1. The minimum atomic E-state index is -4.54. The second kappa shape index (κ2) is 10.1. The average Bonchev–Trinajstić information content (AvgIpc) is 3.25. The van der Waals surface area contributed by atoms with Crippen molar-refractivity contribution >= 4 is 17.3 Å². The smallest absolute Gasteiger partial charge is 0.433 e. The van der Waals surface area contributed by atoms with Gasteiger partial charge in [0.1, 0.15) is 17.5 Å². The minimum Gasteiger partial charge on any atom is -0.485 e. The Morgan fingerprint density at radius 2 is 1.94 bits per heavy atom. The Kier molecular flexibility index (Phi) is 7.47. The average molecular weight is 466 g/mol. The van der Waals surface area contributed by atoms with Crippen LogP contribution in [0.5, 0.6) is 5.75 Å². The standard InChI is InChI=1S/C22H21F3N2O4S/c1-3-30-17(21(28)29)10-14-4-6-16(7-5-14)31-13(2)18-11-15(12-32-18)20-26-9-8-19(27-20)22(23,24)25/h4-9,11-13,17H,3,10H2,1-2H3,(H,28,29). The molecule has 0 bridgehead atoms. The number of hydrogen-bond donors (Lipinski definition) is 1. The first-order valence-corrected chi connectivity index (χ1v) is 10.6. The maximum absolute atomic E-state index is 12.9. The van der Waals surface area contributed by atoms with Crippen LogP contribution < -0.4 is 4.74 Å². The molecular weight excluding hydrogens is 445 g/mol. The summed E-state index contributed by atoms with van der Waals surface area (Å²) in [5.41, 5.74) is 0.289. The Labute approximate surface area is 186 Å². The van der Waals surface area contributed by atoms with Crippen molar-refractivity contribution in [1.29, 1.82) is 0 Å². The van der Waals surface area contributed by atoms with E-state index in [1.54, 1.807) is 42.6 Å². The molecule has 32 heavy (non-hydrogen) atoms. The van der Waals surface area contributed by atoms with E-state index in [9.17, 15) is 23.1 Å². The van der Waals surface area contributed by atoms with Crippen LogP contribution in [0.3, 0.4) is 0 Å². The Bertz CT molecular complexity index is 1050. The van der Waals surface area contributed by atoms with Crippen LogP contribution in [-0.4, -0.2) is 33.8 Å². The molecule has 2 aromatic heterocycles. The second-order valence-corrected chi connectivity index (χ2v) is 7.83. The van der Waals surface area contributed by atoms with Gasteiger partial charge in [0.15, 0.2) is 11.9 Å². The molecule has 2 unspecified atom stereocenters. The maximum Gasteiger partial charge on any atom is 0.433 e. The Balaban J connectivity index is 1.66. The van der Waals surface area contributed by atoms with Gasteiger partial charge < -0.3 is 14.6 Å². The molecule has 3 rings (SSSR count). The van der Waals surface area contributed by atoms with E-state index in [0.29, 0.717) is 17.9 Å². The summed E-state index contributed by atoms with van der Waals surface area (Å²) in [4.78, 5) is 19.6. The first kappa shape index (κ1) is 23.7. The van der Waals surface area contributed by atoms with E-state index in [0.717, 1.165) is 22.7 Å². The van der Waals surface area contributed by atoms with Crippen LogP contribution in [0.4, 0.5) is 13.2 Å². The topological polar surface area (TPSA) is 81.5 Å². The van der Waals surface area contributed by atoms with Crippen molar-refractivity contribution in [2.45, 2.75) is 38.7 Å². The van der Waals surface area contributed by atoms with Crippen molar-refractivity contribution in [2.24, 2.45) is 0 Å². The number of ether oxygens (including phenoxy) is 2. The van der Waals surface area contributed by atoms with Crippen LogP contribution >= 0.6 is 11.3 Å². The first-order chi connectivity index (χ1) is 15.2. The van der Waals surface area contributed by atoms with Crippen molar-refractivity contribution in [3.63, 3.8) is 0 Å². The zero-order valence-electron chi connectivity index (χ0n) is 17.3. The molecule has 0 fully saturated rings. The van der Waals surface area contributed by atoms with Gasteiger partial charge in [0.2, 0.25) is 0 Å². The number of benzene rings is 1. The highest BCUT2D eigenvalue weighted by molar-refractivity contribution is 7.10. The van der Waals surface area contributed by atoms with E-state index in [2.05, 4.69) is 9.97 Å². The van der Waals surface area contributed by atoms with Crippen molar-refractivity contribution in [2.75, 3.05) is 6.61 Å². The fourth-order valence-corrected chi connectivity index (χ4v) is 3.81. The van der Waals surface area contributed by atoms with Crippen LogP contribution in [0, 0.1) is 0 Å². The molecule has 0 radical (unpaired) electrons. The number of carboxylic acid groups (broad SMARTS) is 1. The molecule has 1 N–H and O–H groups in total. The molecule has 0 spiro atoms. The van der Waals surface area contributed by atoms with Gasteiger partial charge in [-0.15, -0.1) is 11.3 Å². The van der Waals surface area contributed by atoms with Gasteiger partial charge in [0.05, 0.1) is 0 Å². The molecule has 3 aromatic rings. The number of halogens is 3. The van der Waals surface area contributed by atoms with Crippen molar-refractivity contribution in [3.05, 3.63) is 64.1 Å². The molecule has 2 atom stereocenters. The lowest BCUT2D eigenvalue weighted by Gasteiger charge is -2.15. The highest BCUT2D eigenvalue weighted by Gasteiger charge is 2.33. The lowest BCUT2D eigenvalue weighted by molar-refractivity contribution is -0.150. The monoisotopic (exact) mass is 466 g/mol. The van der Waals surface area contributed by atoms with Crippen LogP contribution in [0.1, 0.15) is 36.1 Å². The summed E-state index contributed by atoms with van der Waals surface area (Å²) in [7, 11) is 0. The third kappa shape index (κ3) is 6.04. The summed E-state index contributed by atoms with van der Waals surface area (Å²) in [6.07, 6.45) is -4.48. The summed E-state index contributed by atoms with van der Waals surface area (Å²) in [6, 6.07) is 9.56. The van der Waals surface area contributed by atoms with E-state index in [-0.39, 0.29) is 18.3 Å². The molecule has 170 valence electrons. The predicted molar refractivity (Wildman–Crippen MR) is 113 cm³/mol. The van der Waals surface area contributed by atoms with E-state index in [4.69, 9.17) is 9.47 Å². The quantitative estimate of drug-likeness (QED) is 0.455. The highest BCUT2D eigenvalue weighted by atomic mass is 32.1. The fraction of sp³-hybridized carbons (Fsp3) is 0.318. The molecule has 0 saturated carbocycles. The van der Waals surface area contributed by atoms with E-state index >= 15 is 0 Å². The Hall–Kier alpha value is -2.98. The fourth-order valence-electron chi connectivity index (χ4n) is 2.94. The molecule has 2 heterocycles. The normalized spacial score (nSPS) is 13.5. The predicted octanol–water partition coefficient (Wildman–Crippen LogP) is 5.40. The third-order valence-corrected chi connectivity index (χ3v) is 5.62. The number of carboxylic acids is 1. The van der Waals surface area contributed by atoms with Crippen LogP contribution in [0.2, 0.25) is 0 Å². The molecule has 10 heteroatoms. The SMILES string of the molecule is CCOC(Cc1ccc(OC(C)c2cc(-c3nccc(C(F)(F)F)n3)cs2)cc1)C(=O)O. The number of rotatable bonds is 9. The number of carbonyl (C=O) groups is 1. The number of thiophene rings is 1. The van der Waals surface area contributed by atoms with Crippen molar-refractivity contribution < 1.29 is 32.5 Å². The first-order valence-electron chi connectivity index (χ1n) is 9.76. The van der Waals surface area contributed by atoms with Crippen molar-refractivity contribution in [1.82, 2.24) is 9.97 Å². The lowest BCUT2D eigenvalue weighted by atomic mass is 10.1. The zero-order chi connectivity index (χ0) is 23.3. The summed E-state index contributed by atoms with van der Waals surface area (Å²) in [5, 5.41) is 10.9. The number of aliphatic carboxylic acids is 1. The molecule has 1 aromatic carbocycles. The molecule has 0 aliphatic carbocycles. The third-order valence-electron chi connectivity index (χ3n) is 4.53. The molecule has 0 aliphatic rings. The van der Waals surface area contributed by atoms with E-state index in [1.165, 1.54) is 11.3 Å². The van der Waals surface area contributed by atoms with Crippen molar-refractivity contribution in [3.8, 4) is 17.1 Å². The number of aromatic nitrogens is 2. The maximum atomic E-state index is 12.9. The second-order valence-electron chi connectivity index (χ2n) is 6.89. The van der Waals surface area contributed by atoms with Gasteiger partial charge in [0.25, 0.3) is 0 Å². The molecule has 0 amide bonds. The van der Waals surface area contributed by atoms with Gasteiger partial charge in [-0.2, -0.15) is 13.2 Å². The van der Waals surface area contributed by atoms with Gasteiger partial charge in [-0.3, -0.25) is 0 Å². The van der Waals surface area contributed by atoms with Crippen LogP contribution in [0.15, 0.2) is 48.0 Å². The lowest BCUT2D eigenvalue weighted by Crippen LogP contribution is -2.26. The van der Waals surface area contributed by atoms with Gasteiger partial charge in [-0.05, 0) is 43.7 Å².